The van der Waals surface area contributed by atoms with Crippen LogP contribution in [0.2, 0.25) is 0 Å². The fraction of sp³-hybridized carbons (Fsp3) is 0. The van der Waals surface area contributed by atoms with Gasteiger partial charge in [0.2, 0.25) is 5.78 Å². The molecule has 0 amide bonds. The van der Waals surface area contributed by atoms with E-state index in [-0.39, 0.29) is 0 Å². The summed E-state index contributed by atoms with van der Waals surface area (Å²) in [5, 5.41) is 4.92. The first-order chi connectivity index (χ1) is 26.8. The molecule has 0 bridgehead atoms. The smallest absolute Gasteiger partial charge is 0.221 e. The highest BCUT2D eigenvalue weighted by atomic mass is 15.2. The highest BCUT2D eigenvalue weighted by Crippen LogP contribution is 2.40. The molecule has 0 unspecified atom stereocenters. The topological polar surface area (TPSA) is 45.0 Å². The van der Waals surface area contributed by atoms with Gasteiger partial charge in [0, 0.05) is 44.6 Å². The van der Waals surface area contributed by atoms with Crippen LogP contribution in [-0.4, -0.2) is 28.1 Å². The maximum atomic E-state index is 5.16. The molecule has 12 aromatic rings. The average Bonchev–Trinajstić information content (AvgIpc) is 3.96. The third kappa shape index (κ3) is 3.94. The first-order valence-corrected chi connectivity index (χ1v) is 18.3. The van der Waals surface area contributed by atoms with Crippen molar-refractivity contribution >= 4 is 71.5 Å². The van der Waals surface area contributed by atoms with Crippen molar-refractivity contribution in [2.75, 3.05) is 0 Å². The Morgan fingerprint density at radius 1 is 0.370 bits per heavy atom. The molecule has 0 aliphatic rings. The molecule has 0 aliphatic carbocycles. The molecule has 0 atom stereocenters. The van der Waals surface area contributed by atoms with Crippen LogP contribution in [0.4, 0.5) is 0 Å². The maximum absolute atomic E-state index is 5.16. The second kappa shape index (κ2) is 11.0. The van der Waals surface area contributed by atoms with Gasteiger partial charge in [-0.25, -0.2) is 9.97 Å². The van der Waals surface area contributed by atoms with E-state index in [9.17, 15) is 0 Å². The second-order valence-corrected chi connectivity index (χ2v) is 13.9. The summed E-state index contributed by atoms with van der Waals surface area (Å²) in [6.45, 7) is 0. The number of aromatic nitrogens is 6. The first-order valence-electron chi connectivity index (χ1n) is 18.3. The van der Waals surface area contributed by atoms with Gasteiger partial charge in [-0.15, -0.1) is 0 Å². The Balaban J connectivity index is 1.11. The van der Waals surface area contributed by atoms with Gasteiger partial charge in [-0.3, -0.25) is 8.97 Å². The normalized spacial score (nSPS) is 12.1. The molecular weight excluding hydrogens is 661 g/mol. The summed E-state index contributed by atoms with van der Waals surface area (Å²) >= 11 is 0. The predicted octanol–water partition coefficient (Wildman–Crippen LogP) is 11.7. The monoisotopic (exact) mass is 690 g/mol. The second-order valence-electron chi connectivity index (χ2n) is 13.9. The van der Waals surface area contributed by atoms with Gasteiger partial charge in [-0.05, 0) is 78.9 Å². The van der Waals surface area contributed by atoms with E-state index in [0.717, 1.165) is 67.2 Å². The van der Waals surface area contributed by atoms with Crippen molar-refractivity contribution in [3.05, 3.63) is 182 Å². The molecule has 0 saturated heterocycles. The molecule has 0 spiro atoms. The maximum Gasteiger partial charge on any atom is 0.221 e. The fourth-order valence-electron chi connectivity index (χ4n) is 8.80. The number of para-hydroxylation sites is 8. The lowest BCUT2D eigenvalue weighted by molar-refractivity contribution is 1.04. The van der Waals surface area contributed by atoms with Gasteiger partial charge in [0.1, 0.15) is 5.82 Å². The van der Waals surface area contributed by atoms with Crippen LogP contribution >= 0.6 is 0 Å². The molecule has 0 saturated carbocycles. The van der Waals surface area contributed by atoms with Gasteiger partial charge in [0.25, 0.3) is 0 Å². The third-order valence-corrected chi connectivity index (χ3v) is 11.0. The molecule has 0 N–H and O–H groups in total. The Hall–Kier alpha value is -7.44. The van der Waals surface area contributed by atoms with Gasteiger partial charge in [-0.2, -0.15) is 0 Å². The summed E-state index contributed by atoms with van der Waals surface area (Å²) in [6, 6.07) is 62.8. The highest BCUT2D eigenvalue weighted by molar-refractivity contribution is 6.12. The van der Waals surface area contributed by atoms with Gasteiger partial charge < -0.3 is 9.13 Å². The van der Waals surface area contributed by atoms with E-state index < -0.39 is 0 Å². The molecule has 6 nitrogen and oxygen atoms in total. The van der Waals surface area contributed by atoms with Crippen LogP contribution in [0.15, 0.2) is 182 Å². The molecule has 0 fully saturated rings. The van der Waals surface area contributed by atoms with E-state index in [1.807, 2.05) is 18.3 Å². The van der Waals surface area contributed by atoms with E-state index in [1.165, 1.54) is 32.6 Å². The Morgan fingerprint density at radius 3 is 1.69 bits per heavy atom. The lowest BCUT2D eigenvalue weighted by Gasteiger charge is -2.17. The number of hydrogen-bond acceptors (Lipinski definition) is 2. The van der Waals surface area contributed by atoms with Gasteiger partial charge >= 0.3 is 0 Å². The van der Waals surface area contributed by atoms with Crippen molar-refractivity contribution in [1.29, 1.82) is 0 Å². The van der Waals surface area contributed by atoms with Gasteiger partial charge in [0.05, 0.1) is 49.8 Å². The number of hydrogen-bond donors (Lipinski definition) is 0. The molecule has 54 heavy (non-hydrogen) atoms. The zero-order chi connectivity index (χ0) is 35.3. The van der Waals surface area contributed by atoms with Crippen molar-refractivity contribution in [3.63, 3.8) is 0 Å². The van der Waals surface area contributed by atoms with E-state index in [0.29, 0.717) is 0 Å². The van der Waals surface area contributed by atoms with Crippen LogP contribution in [0.1, 0.15) is 0 Å². The van der Waals surface area contributed by atoms with Crippen molar-refractivity contribution in [2.24, 2.45) is 0 Å². The van der Waals surface area contributed by atoms with Crippen molar-refractivity contribution < 1.29 is 0 Å². The SMILES string of the molecule is c1ccc(-n2c3ccccc3c3cc(-n4c5ccccc5c5ccccc54)ccc32)c(-c2cccnc2-n2c3ccccc3n3c4ccccc4nc23)c1. The Morgan fingerprint density at radius 2 is 0.926 bits per heavy atom. The molecule has 7 aromatic carbocycles. The Kier molecular flexibility index (Phi) is 5.96. The summed E-state index contributed by atoms with van der Waals surface area (Å²) in [5.41, 5.74) is 13.2. The quantitative estimate of drug-likeness (QED) is 0.184. The average molecular weight is 691 g/mol. The van der Waals surface area contributed by atoms with Crippen LogP contribution in [0.5, 0.6) is 0 Å². The Bertz CT molecular complexity index is 3410. The number of imidazole rings is 2. The summed E-state index contributed by atoms with van der Waals surface area (Å²) in [7, 11) is 0. The zero-order valence-electron chi connectivity index (χ0n) is 29.0. The molecule has 12 rings (SSSR count). The van der Waals surface area contributed by atoms with Crippen LogP contribution in [0, 0.1) is 0 Å². The first kappa shape index (κ1) is 29.2. The molecule has 5 heterocycles. The summed E-state index contributed by atoms with van der Waals surface area (Å²) in [6.07, 6.45) is 1.88. The standard InChI is InChI=1S/C48H30N6/c1-6-20-39-32(14-1)33-15-2-7-21-40(33)51(39)31-27-28-43-37(30-31)35-17-4-9-23-42(35)52(43)41-22-8-3-16-34(41)36-18-13-29-49-47(36)54-46-26-12-11-25-45(46)53-44-24-10-5-19-38(44)50-48(53)54/h1-30H. The number of pyridine rings is 1. The minimum Gasteiger partial charge on any atom is -0.309 e. The van der Waals surface area contributed by atoms with Crippen LogP contribution in [-0.2, 0) is 0 Å². The van der Waals surface area contributed by atoms with Crippen LogP contribution in [0.3, 0.4) is 0 Å². The molecule has 0 radical (unpaired) electrons. The van der Waals surface area contributed by atoms with E-state index in [2.05, 4.69) is 182 Å². The van der Waals surface area contributed by atoms with E-state index in [4.69, 9.17) is 9.97 Å². The highest BCUT2D eigenvalue weighted by Gasteiger charge is 2.23. The van der Waals surface area contributed by atoms with E-state index in [1.54, 1.807) is 0 Å². The number of rotatable bonds is 4. The summed E-state index contributed by atoms with van der Waals surface area (Å²) in [4.78, 5) is 10.3. The zero-order valence-corrected chi connectivity index (χ0v) is 29.0. The van der Waals surface area contributed by atoms with Crippen LogP contribution in [0.25, 0.3) is 99.8 Å². The third-order valence-electron chi connectivity index (χ3n) is 11.0. The summed E-state index contributed by atoms with van der Waals surface area (Å²) < 4.78 is 9.27. The minimum atomic E-state index is 0.834. The van der Waals surface area contributed by atoms with Gasteiger partial charge in [0.15, 0.2) is 0 Å². The fourth-order valence-corrected chi connectivity index (χ4v) is 8.80. The number of nitrogens with zero attached hydrogens (tertiary/aromatic N) is 6. The molecule has 5 aromatic heterocycles. The number of benzene rings is 7. The lowest BCUT2D eigenvalue weighted by atomic mass is 10.0. The molecule has 6 heteroatoms. The summed E-state index contributed by atoms with van der Waals surface area (Å²) in [5.74, 6) is 1.67. The molecular formula is C48H30N6. The molecule has 252 valence electrons. The van der Waals surface area contributed by atoms with E-state index >= 15 is 0 Å². The number of fused-ring (bicyclic) bond motifs is 11. The minimum absolute atomic E-state index is 0.834. The van der Waals surface area contributed by atoms with Crippen molar-refractivity contribution in [1.82, 2.24) is 28.1 Å². The van der Waals surface area contributed by atoms with Crippen molar-refractivity contribution in [2.45, 2.75) is 0 Å². The predicted molar refractivity (Wildman–Crippen MR) is 221 cm³/mol. The van der Waals surface area contributed by atoms with Crippen molar-refractivity contribution in [3.8, 4) is 28.3 Å². The van der Waals surface area contributed by atoms with Gasteiger partial charge in [-0.1, -0.05) is 97.1 Å². The largest absolute Gasteiger partial charge is 0.309 e. The van der Waals surface area contributed by atoms with Crippen LogP contribution < -0.4 is 0 Å². The lowest BCUT2D eigenvalue weighted by Crippen LogP contribution is -2.03. The molecule has 0 aliphatic heterocycles. The Labute approximate surface area is 309 Å².